The molecule has 0 radical (unpaired) electrons. The summed E-state index contributed by atoms with van der Waals surface area (Å²) in [6.07, 6.45) is 3.51. The minimum absolute atomic E-state index is 0.840. The highest BCUT2D eigenvalue weighted by Gasteiger charge is 2.10. The molecule has 1 aliphatic heterocycles. The van der Waals surface area contributed by atoms with Crippen LogP contribution in [0.3, 0.4) is 0 Å². The molecule has 0 amide bonds. The van der Waals surface area contributed by atoms with Crippen LogP contribution in [0.15, 0.2) is 29.8 Å². The molecule has 0 fully saturated rings. The van der Waals surface area contributed by atoms with E-state index >= 15 is 0 Å². The third-order valence-corrected chi connectivity index (χ3v) is 3.13. The Labute approximate surface area is 104 Å². The van der Waals surface area contributed by atoms with Gasteiger partial charge in [0, 0.05) is 26.2 Å². The zero-order valence-electron chi connectivity index (χ0n) is 10.7. The minimum atomic E-state index is 0.840. The summed E-state index contributed by atoms with van der Waals surface area (Å²) in [7, 11) is 1.95. The van der Waals surface area contributed by atoms with Crippen LogP contribution >= 0.6 is 0 Å². The fourth-order valence-corrected chi connectivity index (χ4v) is 2.08. The quantitative estimate of drug-likeness (QED) is 0.803. The van der Waals surface area contributed by atoms with Gasteiger partial charge in [-0.3, -0.25) is 9.88 Å². The van der Waals surface area contributed by atoms with Crippen LogP contribution < -0.4 is 5.32 Å². The van der Waals surface area contributed by atoms with Crippen LogP contribution in [-0.2, 0) is 13.1 Å². The summed E-state index contributed by atoms with van der Waals surface area (Å²) in [5.41, 5.74) is 3.80. The standard InChI is InChI=1S/C14H21N3/c1-12-6-8-17(9-7-12)11-14-5-3-4-13(16-14)10-15-2/h3-6,15H,7-11H2,1-2H3. The third-order valence-electron chi connectivity index (χ3n) is 3.13. The summed E-state index contributed by atoms with van der Waals surface area (Å²) in [5, 5.41) is 3.14. The molecule has 2 rings (SSSR count). The molecule has 0 saturated carbocycles. The van der Waals surface area contributed by atoms with Gasteiger partial charge in [0.05, 0.1) is 11.4 Å². The van der Waals surface area contributed by atoms with Crippen LogP contribution in [0.1, 0.15) is 24.7 Å². The monoisotopic (exact) mass is 231 g/mol. The summed E-state index contributed by atoms with van der Waals surface area (Å²) in [6, 6.07) is 6.28. The van der Waals surface area contributed by atoms with E-state index in [0.717, 1.165) is 31.9 Å². The maximum Gasteiger partial charge on any atom is 0.0547 e. The van der Waals surface area contributed by atoms with Crippen molar-refractivity contribution in [2.45, 2.75) is 26.4 Å². The lowest BCUT2D eigenvalue weighted by atomic mass is 10.1. The van der Waals surface area contributed by atoms with Gasteiger partial charge in [-0.2, -0.15) is 0 Å². The summed E-state index contributed by atoms with van der Waals surface area (Å²) in [4.78, 5) is 7.09. The van der Waals surface area contributed by atoms with E-state index in [4.69, 9.17) is 0 Å². The number of nitrogens with zero attached hydrogens (tertiary/aromatic N) is 2. The van der Waals surface area contributed by atoms with Gasteiger partial charge in [-0.15, -0.1) is 0 Å². The minimum Gasteiger partial charge on any atom is -0.314 e. The van der Waals surface area contributed by atoms with E-state index in [1.165, 1.54) is 17.7 Å². The molecule has 92 valence electrons. The highest BCUT2D eigenvalue weighted by atomic mass is 15.1. The van der Waals surface area contributed by atoms with Gasteiger partial charge in [0.2, 0.25) is 0 Å². The van der Waals surface area contributed by atoms with Crippen molar-refractivity contribution < 1.29 is 0 Å². The van der Waals surface area contributed by atoms with Gasteiger partial charge in [-0.1, -0.05) is 17.7 Å². The van der Waals surface area contributed by atoms with Gasteiger partial charge >= 0.3 is 0 Å². The number of nitrogens with one attached hydrogen (secondary N) is 1. The summed E-state index contributed by atoms with van der Waals surface area (Å²) < 4.78 is 0. The predicted octanol–water partition coefficient (Wildman–Crippen LogP) is 1.95. The van der Waals surface area contributed by atoms with Crippen LogP contribution in [0.2, 0.25) is 0 Å². The largest absolute Gasteiger partial charge is 0.314 e. The molecule has 3 nitrogen and oxygen atoms in total. The Kier molecular flexibility index (Phi) is 4.29. The predicted molar refractivity (Wildman–Crippen MR) is 70.7 cm³/mol. The number of pyridine rings is 1. The van der Waals surface area contributed by atoms with E-state index in [1.54, 1.807) is 0 Å². The first-order valence-electron chi connectivity index (χ1n) is 6.25. The first kappa shape index (κ1) is 12.3. The summed E-state index contributed by atoms with van der Waals surface area (Å²) in [6.45, 7) is 6.22. The van der Waals surface area contributed by atoms with Crippen LogP contribution in [0.25, 0.3) is 0 Å². The molecule has 3 heteroatoms. The van der Waals surface area contributed by atoms with E-state index in [2.05, 4.69) is 46.4 Å². The lowest BCUT2D eigenvalue weighted by molar-refractivity contribution is 0.282. The molecule has 1 aromatic rings. The molecule has 1 aromatic heterocycles. The van der Waals surface area contributed by atoms with E-state index in [0.29, 0.717) is 0 Å². The molecule has 0 atom stereocenters. The molecule has 0 spiro atoms. The van der Waals surface area contributed by atoms with Crippen molar-refractivity contribution in [1.29, 1.82) is 0 Å². The van der Waals surface area contributed by atoms with E-state index in [-0.39, 0.29) is 0 Å². The topological polar surface area (TPSA) is 28.2 Å². The Bertz CT molecular complexity index is 398. The van der Waals surface area contributed by atoms with Crippen LogP contribution in [-0.4, -0.2) is 30.0 Å². The molecule has 1 N–H and O–H groups in total. The fraction of sp³-hybridized carbons (Fsp3) is 0.500. The molecule has 17 heavy (non-hydrogen) atoms. The Morgan fingerprint density at radius 2 is 2.18 bits per heavy atom. The van der Waals surface area contributed by atoms with Crippen molar-refractivity contribution in [2.75, 3.05) is 20.1 Å². The lowest BCUT2D eigenvalue weighted by Gasteiger charge is -2.24. The van der Waals surface area contributed by atoms with Gasteiger partial charge in [-0.25, -0.2) is 0 Å². The van der Waals surface area contributed by atoms with E-state index < -0.39 is 0 Å². The normalized spacial score (nSPS) is 16.9. The lowest BCUT2D eigenvalue weighted by Crippen LogP contribution is -2.28. The second-order valence-electron chi connectivity index (χ2n) is 4.69. The highest BCUT2D eigenvalue weighted by molar-refractivity contribution is 5.12. The first-order chi connectivity index (χ1) is 8.28. The Morgan fingerprint density at radius 1 is 1.35 bits per heavy atom. The zero-order chi connectivity index (χ0) is 12.1. The second-order valence-corrected chi connectivity index (χ2v) is 4.69. The molecule has 0 aromatic carbocycles. The fourth-order valence-electron chi connectivity index (χ4n) is 2.08. The summed E-state index contributed by atoms with van der Waals surface area (Å²) >= 11 is 0. The number of hydrogen-bond acceptors (Lipinski definition) is 3. The van der Waals surface area contributed by atoms with Crippen molar-refractivity contribution in [1.82, 2.24) is 15.2 Å². The smallest absolute Gasteiger partial charge is 0.0547 e. The number of hydrogen-bond donors (Lipinski definition) is 1. The first-order valence-corrected chi connectivity index (χ1v) is 6.25. The SMILES string of the molecule is CNCc1cccc(CN2CC=C(C)CC2)n1. The van der Waals surface area contributed by atoms with Gasteiger partial charge in [0.15, 0.2) is 0 Å². The van der Waals surface area contributed by atoms with Crippen molar-refractivity contribution >= 4 is 0 Å². The number of rotatable bonds is 4. The Balaban J connectivity index is 1.96. The molecule has 0 aliphatic carbocycles. The molecular formula is C14H21N3. The molecule has 0 bridgehead atoms. The molecule has 0 unspecified atom stereocenters. The van der Waals surface area contributed by atoms with Crippen molar-refractivity contribution in [2.24, 2.45) is 0 Å². The van der Waals surface area contributed by atoms with Crippen molar-refractivity contribution in [3.8, 4) is 0 Å². The average molecular weight is 231 g/mol. The highest BCUT2D eigenvalue weighted by Crippen LogP contribution is 2.12. The van der Waals surface area contributed by atoms with Crippen LogP contribution in [0, 0.1) is 0 Å². The molecule has 1 aliphatic rings. The van der Waals surface area contributed by atoms with E-state index in [9.17, 15) is 0 Å². The molecule has 2 heterocycles. The Morgan fingerprint density at radius 3 is 2.88 bits per heavy atom. The average Bonchev–Trinajstić information content (AvgIpc) is 2.33. The third kappa shape index (κ3) is 3.65. The zero-order valence-corrected chi connectivity index (χ0v) is 10.7. The van der Waals surface area contributed by atoms with Gasteiger partial charge < -0.3 is 5.32 Å². The van der Waals surface area contributed by atoms with Crippen LogP contribution in [0.4, 0.5) is 0 Å². The molecular weight excluding hydrogens is 210 g/mol. The Hall–Kier alpha value is -1.19. The number of aromatic nitrogens is 1. The summed E-state index contributed by atoms with van der Waals surface area (Å²) in [5.74, 6) is 0. The van der Waals surface area contributed by atoms with Gasteiger partial charge in [-0.05, 0) is 32.5 Å². The second kappa shape index (κ2) is 5.94. The van der Waals surface area contributed by atoms with E-state index in [1.807, 2.05) is 7.05 Å². The molecule has 0 saturated heterocycles. The maximum atomic E-state index is 4.65. The van der Waals surface area contributed by atoms with Gasteiger partial charge in [0.1, 0.15) is 0 Å². The maximum absolute atomic E-state index is 4.65. The van der Waals surface area contributed by atoms with Crippen LogP contribution in [0.5, 0.6) is 0 Å². The van der Waals surface area contributed by atoms with Crippen molar-refractivity contribution in [3.05, 3.63) is 41.2 Å². The van der Waals surface area contributed by atoms with Crippen molar-refractivity contribution in [3.63, 3.8) is 0 Å². The van der Waals surface area contributed by atoms with Gasteiger partial charge in [0.25, 0.3) is 0 Å².